The number of carboxylic acids is 1. The van der Waals surface area contributed by atoms with E-state index >= 15 is 0 Å². The van der Waals surface area contributed by atoms with Gasteiger partial charge in [0.1, 0.15) is 0 Å². The molecule has 4 N–H and O–H groups in total. The van der Waals surface area contributed by atoms with E-state index in [1.807, 2.05) is 0 Å². The number of ketones is 1. The molecular formula is C27H34N2O5S. The Morgan fingerprint density at radius 3 is 2.49 bits per heavy atom. The van der Waals surface area contributed by atoms with Gasteiger partial charge >= 0.3 is 5.97 Å². The number of rotatable bonds is 13. The third-order valence-electron chi connectivity index (χ3n) is 5.97. The van der Waals surface area contributed by atoms with Crippen LogP contribution in [-0.4, -0.2) is 47.0 Å². The minimum Gasteiger partial charge on any atom is -0.478 e. The van der Waals surface area contributed by atoms with Crippen molar-refractivity contribution in [2.75, 3.05) is 29.2 Å². The average molecular weight is 499 g/mol. The normalized spacial score (nSPS) is 13.9. The van der Waals surface area contributed by atoms with E-state index in [4.69, 9.17) is 15.6 Å². The molecule has 0 unspecified atom stereocenters. The number of amides is 1. The second-order valence-electron chi connectivity index (χ2n) is 8.85. The van der Waals surface area contributed by atoms with Crippen LogP contribution in [0.3, 0.4) is 0 Å². The third kappa shape index (κ3) is 9.38. The lowest BCUT2D eigenvalue weighted by molar-refractivity contribution is -0.113. The number of anilines is 2. The fourth-order valence-electron chi connectivity index (χ4n) is 4.11. The zero-order chi connectivity index (χ0) is 25.0. The fraction of sp³-hybridized carbons (Fsp3) is 0.444. The van der Waals surface area contributed by atoms with Crippen LogP contribution in [0.2, 0.25) is 0 Å². The van der Waals surface area contributed by atoms with E-state index in [2.05, 4.69) is 5.32 Å². The highest BCUT2D eigenvalue weighted by molar-refractivity contribution is 7.99. The Morgan fingerprint density at radius 1 is 1.03 bits per heavy atom. The van der Waals surface area contributed by atoms with Crippen molar-refractivity contribution in [3.63, 3.8) is 0 Å². The summed E-state index contributed by atoms with van der Waals surface area (Å²) in [6, 6.07) is 11.4. The summed E-state index contributed by atoms with van der Waals surface area (Å²) in [7, 11) is 0. The van der Waals surface area contributed by atoms with Crippen molar-refractivity contribution in [2.24, 2.45) is 0 Å². The summed E-state index contributed by atoms with van der Waals surface area (Å²) in [4.78, 5) is 36.0. The molecule has 1 aliphatic rings. The number of nitrogen functional groups attached to an aromatic ring is 1. The first-order valence-corrected chi connectivity index (χ1v) is 13.3. The van der Waals surface area contributed by atoms with Gasteiger partial charge in [-0.1, -0.05) is 31.4 Å². The standard InChI is InChI=1S/C27H34N2O5S/c28-22-15-21(25(30)12-9-19-7-10-20(11-8-19)27(32)33)16-23(17-22)29-26(31)18-35-14-4-13-34-24-5-2-1-3-6-24/h7-8,10-11,15-17,24H,1-6,9,12-14,18,28H2,(H,29,31)(H,32,33). The van der Waals surface area contributed by atoms with Crippen LogP contribution in [0, 0.1) is 0 Å². The van der Waals surface area contributed by atoms with Gasteiger partial charge in [0, 0.05) is 30.0 Å². The number of hydrogen-bond acceptors (Lipinski definition) is 6. The maximum absolute atomic E-state index is 12.7. The second-order valence-corrected chi connectivity index (χ2v) is 9.96. The Kier molecular flexibility index (Phi) is 10.6. The molecule has 0 atom stereocenters. The van der Waals surface area contributed by atoms with Crippen LogP contribution < -0.4 is 11.1 Å². The number of hydrogen-bond donors (Lipinski definition) is 3. The molecule has 35 heavy (non-hydrogen) atoms. The van der Waals surface area contributed by atoms with Crippen LogP contribution in [-0.2, 0) is 16.0 Å². The van der Waals surface area contributed by atoms with Gasteiger partial charge in [-0.05, 0) is 67.3 Å². The molecule has 0 radical (unpaired) electrons. The number of aryl methyl sites for hydroxylation is 1. The number of benzene rings is 2. The first-order chi connectivity index (χ1) is 16.9. The number of ether oxygens (including phenoxy) is 1. The largest absolute Gasteiger partial charge is 0.478 e. The molecule has 0 aromatic heterocycles. The first-order valence-electron chi connectivity index (χ1n) is 12.2. The van der Waals surface area contributed by atoms with E-state index in [0.717, 1.165) is 24.3 Å². The van der Waals surface area contributed by atoms with Gasteiger partial charge in [-0.15, -0.1) is 0 Å². The van der Waals surface area contributed by atoms with Crippen LogP contribution in [0.4, 0.5) is 11.4 Å². The van der Waals surface area contributed by atoms with E-state index in [1.54, 1.807) is 42.1 Å². The number of nitrogens with two attached hydrogens (primary N) is 1. The van der Waals surface area contributed by atoms with Crippen molar-refractivity contribution in [2.45, 2.75) is 57.5 Å². The zero-order valence-electron chi connectivity index (χ0n) is 20.0. The molecule has 0 saturated heterocycles. The molecule has 1 fully saturated rings. The van der Waals surface area contributed by atoms with Gasteiger partial charge in [0.15, 0.2) is 5.78 Å². The van der Waals surface area contributed by atoms with Gasteiger partial charge < -0.3 is 20.9 Å². The highest BCUT2D eigenvalue weighted by atomic mass is 32.2. The number of thioether (sulfide) groups is 1. The van der Waals surface area contributed by atoms with Gasteiger partial charge in [0.2, 0.25) is 5.91 Å². The number of carbonyl (C=O) groups is 3. The highest BCUT2D eigenvalue weighted by Crippen LogP contribution is 2.21. The lowest BCUT2D eigenvalue weighted by Crippen LogP contribution is -2.18. The van der Waals surface area contributed by atoms with Crippen LogP contribution in [0.25, 0.3) is 0 Å². The number of carboxylic acid groups (broad SMARTS) is 1. The minimum absolute atomic E-state index is 0.0950. The molecule has 0 bridgehead atoms. The third-order valence-corrected chi connectivity index (χ3v) is 7.02. The predicted molar refractivity (Wildman–Crippen MR) is 140 cm³/mol. The molecule has 0 aliphatic heterocycles. The summed E-state index contributed by atoms with van der Waals surface area (Å²) in [6.07, 6.45) is 8.25. The molecule has 0 heterocycles. The van der Waals surface area contributed by atoms with Crippen molar-refractivity contribution in [3.05, 3.63) is 59.2 Å². The summed E-state index contributed by atoms with van der Waals surface area (Å²) in [6.45, 7) is 0.740. The molecule has 1 aliphatic carbocycles. The van der Waals surface area contributed by atoms with Crippen LogP contribution in [0.15, 0.2) is 42.5 Å². The summed E-state index contributed by atoms with van der Waals surface area (Å²) >= 11 is 1.56. The van der Waals surface area contributed by atoms with E-state index in [0.29, 0.717) is 35.2 Å². The van der Waals surface area contributed by atoms with Gasteiger partial charge in [0.25, 0.3) is 0 Å². The van der Waals surface area contributed by atoms with Gasteiger partial charge in [-0.2, -0.15) is 11.8 Å². The average Bonchev–Trinajstić information content (AvgIpc) is 2.85. The number of carbonyl (C=O) groups excluding carboxylic acids is 2. The maximum Gasteiger partial charge on any atom is 0.335 e. The Morgan fingerprint density at radius 2 is 1.77 bits per heavy atom. The monoisotopic (exact) mass is 498 g/mol. The molecule has 1 saturated carbocycles. The van der Waals surface area contributed by atoms with Crippen molar-refractivity contribution >= 4 is 40.8 Å². The smallest absolute Gasteiger partial charge is 0.335 e. The molecule has 1 amide bonds. The molecule has 3 rings (SSSR count). The van der Waals surface area contributed by atoms with E-state index in [-0.39, 0.29) is 23.7 Å². The minimum atomic E-state index is -0.982. The van der Waals surface area contributed by atoms with Crippen molar-refractivity contribution in [1.82, 2.24) is 0 Å². The summed E-state index contributed by atoms with van der Waals surface area (Å²) in [5.41, 5.74) is 8.40. The molecule has 188 valence electrons. The van der Waals surface area contributed by atoms with Crippen molar-refractivity contribution in [3.8, 4) is 0 Å². The number of Topliss-reactive ketones (excluding diaryl/α,β-unsaturated/α-hetero) is 1. The Labute approximate surface area is 210 Å². The summed E-state index contributed by atoms with van der Waals surface area (Å²) in [5.74, 6) is -0.0283. The predicted octanol–water partition coefficient (Wildman–Crippen LogP) is 5.19. The van der Waals surface area contributed by atoms with E-state index in [1.165, 1.54) is 44.2 Å². The van der Waals surface area contributed by atoms with Crippen LogP contribution in [0.1, 0.15) is 71.2 Å². The first kappa shape index (κ1) is 26.8. The Hall–Kier alpha value is -2.84. The lowest BCUT2D eigenvalue weighted by atomic mass is 9.98. The van der Waals surface area contributed by atoms with Gasteiger partial charge in [0.05, 0.1) is 17.4 Å². The number of nitrogens with one attached hydrogen (secondary N) is 1. The highest BCUT2D eigenvalue weighted by Gasteiger charge is 2.14. The SMILES string of the molecule is Nc1cc(NC(=O)CSCCCOC2CCCCC2)cc(C(=O)CCc2ccc(C(=O)O)cc2)c1. The van der Waals surface area contributed by atoms with Gasteiger partial charge in [-0.25, -0.2) is 4.79 Å². The van der Waals surface area contributed by atoms with Crippen LogP contribution >= 0.6 is 11.8 Å². The lowest BCUT2D eigenvalue weighted by Gasteiger charge is -2.21. The molecule has 2 aromatic carbocycles. The van der Waals surface area contributed by atoms with Crippen LogP contribution in [0.5, 0.6) is 0 Å². The van der Waals surface area contributed by atoms with Gasteiger partial charge in [-0.3, -0.25) is 9.59 Å². The maximum atomic E-state index is 12.7. The zero-order valence-corrected chi connectivity index (χ0v) is 20.8. The molecule has 7 nitrogen and oxygen atoms in total. The topological polar surface area (TPSA) is 119 Å². The number of aromatic carboxylic acids is 1. The molecule has 8 heteroatoms. The van der Waals surface area contributed by atoms with Crippen molar-refractivity contribution in [1.29, 1.82) is 0 Å². The Balaban J connectivity index is 1.40. The van der Waals surface area contributed by atoms with Crippen molar-refractivity contribution < 1.29 is 24.2 Å². The molecule has 2 aromatic rings. The quantitative estimate of drug-likeness (QED) is 0.197. The van der Waals surface area contributed by atoms with E-state index < -0.39 is 5.97 Å². The molecular weight excluding hydrogens is 464 g/mol. The summed E-state index contributed by atoms with van der Waals surface area (Å²) < 4.78 is 5.91. The second kappa shape index (κ2) is 13.9. The summed E-state index contributed by atoms with van der Waals surface area (Å²) in [5, 5.41) is 11.8. The Bertz CT molecular complexity index is 1000. The fourth-order valence-corrected chi connectivity index (χ4v) is 4.83. The van der Waals surface area contributed by atoms with E-state index in [9.17, 15) is 14.4 Å². The molecule has 0 spiro atoms.